The van der Waals surface area contributed by atoms with Gasteiger partial charge in [0.1, 0.15) is 12.1 Å². The lowest BCUT2D eigenvalue weighted by molar-refractivity contribution is -0.262. The van der Waals surface area contributed by atoms with Crippen LogP contribution in [0.4, 0.5) is 0 Å². The third-order valence-corrected chi connectivity index (χ3v) is 4.61. The number of carboxylic acids is 1. The van der Waals surface area contributed by atoms with E-state index in [9.17, 15) is 15.0 Å². The SMILES string of the molecule is CCCCOC1OC(CSCC[C@H](N)C(=O)O)CC(O)C1O. The smallest absolute Gasteiger partial charge is 0.320 e. The average Bonchev–Trinajstić information content (AvgIpc) is 2.48. The molecule has 1 aliphatic rings. The highest BCUT2D eigenvalue weighted by molar-refractivity contribution is 7.99. The van der Waals surface area contributed by atoms with Crippen LogP contribution in [-0.2, 0) is 14.3 Å². The van der Waals surface area contributed by atoms with Gasteiger partial charge in [0.15, 0.2) is 6.29 Å². The van der Waals surface area contributed by atoms with Crippen LogP contribution in [-0.4, -0.2) is 70.0 Å². The molecule has 0 radical (unpaired) electrons. The molecule has 5 N–H and O–H groups in total. The van der Waals surface area contributed by atoms with Crippen molar-refractivity contribution in [3.05, 3.63) is 0 Å². The summed E-state index contributed by atoms with van der Waals surface area (Å²) in [5.41, 5.74) is 5.43. The van der Waals surface area contributed by atoms with Crippen molar-refractivity contribution in [3.8, 4) is 0 Å². The van der Waals surface area contributed by atoms with Gasteiger partial charge in [0.05, 0.1) is 12.2 Å². The number of hydrogen-bond donors (Lipinski definition) is 4. The van der Waals surface area contributed by atoms with Gasteiger partial charge in [0, 0.05) is 18.8 Å². The van der Waals surface area contributed by atoms with Gasteiger partial charge in [0.2, 0.25) is 0 Å². The van der Waals surface area contributed by atoms with Crippen LogP contribution in [0.1, 0.15) is 32.6 Å². The highest BCUT2D eigenvalue weighted by atomic mass is 32.2. The molecule has 0 aromatic heterocycles. The normalized spacial score (nSPS) is 30.2. The van der Waals surface area contributed by atoms with E-state index in [-0.39, 0.29) is 6.10 Å². The molecule has 0 spiro atoms. The Hall–Kier alpha value is -0.380. The van der Waals surface area contributed by atoms with E-state index in [2.05, 4.69) is 0 Å². The van der Waals surface area contributed by atoms with Gasteiger partial charge in [-0.05, 0) is 18.6 Å². The fourth-order valence-corrected chi connectivity index (χ4v) is 3.12. The predicted molar refractivity (Wildman–Crippen MR) is 83.7 cm³/mol. The summed E-state index contributed by atoms with van der Waals surface area (Å²) in [6.45, 7) is 2.52. The number of nitrogens with two attached hydrogens (primary N) is 1. The number of aliphatic carboxylic acids is 1. The van der Waals surface area contributed by atoms with E-state index in [1.54, 1.807) is 0 Å². The number of thioether (sulfide) groups is 1. The number of ether oxygens (including phenoxy) is 2. The molecule has 7 nitrogen and oxygen atoms in total. The van der Waals surface area contributed by atoms with Crippen molar-refractivity contribution in [3.63, 3.8) is 0 Å². The molecule has 1 fully saturated rings. The standard InChI is InChI=1S/C14H27NO6S/c1-2-3-5-20-14-12(17)11(16)7-9(21-14)8-22-6-4-10(15)13(18)19/h9-12,14,16-17H,2-8,15H2,1H3,(H,18,19)/t9?,10-,11?,12?,14?/m0/s1. The van der Waals surface area contributed by atoms with E-state index < -0.39 is 30.5 Å². The van der Waals surface area contributed by atoms with Gasteiger partial charge in [-0.2, -0.15) is 11.8 Å². The molecule has 0 aromatic rings. The molecule has 1 rings (SSSR count). The Morgan fingerprint density at radius 1 is 1.50 bits per heavy atom. The van der Waals surface area contributed by atoms with Crippen molar-refractivity contribution in [1.82, 2.24) is 0 Å². The maximum absolute atomic E-state index is 10.6. The number of carboxylic acid groups (broad SMARTS) is 1. The van der Waals surface area contributed by atoms with Crippen molar-refractivity contribution >= 4 is 17.7 Å². The first-order valence-electron chi connectivity index (χ1n) is 7.65. The molecular formula is C14H27NO6S. The van der Waals surface area contributed by atoms with Gasteiger partial charge in [-0.25, -0.2) is 0 Å². The van der Waals surface area contributed by atoms with Crippen LogP contribution in [0.5, 0.6) is 0 Å². The molecule has 0 amide bonds. The highest BCUT2D eigenvalue weighted by Crippen LogP contribution is 2.24. The number of aliphatic hydroxyl groups is 2. The Morgan fingerprint density at radius 3 is 2.86 bits per heavy atom. The summed E-state index contributed by atoms with van der Waals surface area (Å²) >= 11 is 1.52. The molecule has 4 unspecified atom stereocenters. The van der Waals surface area contributed by atoms with Crippen LogP contribution < -0.4 is 5.73 Å². The topological polar surface area (TPSA) is 122 Å². The van der Waals surface area contributed by atoms with Crippen molar-refractivity contribution in [2.75, 3.05) is 18.1 Å². The third kappa shape index (κ3) is 6.80. The molecular weight excluding hydrogens is 310 g/mol. The Morgan fingerprint density at radius 2 is 2.23 bits per heavy atom. The summed E-state index contributed by atoms with van der Waals surface area (Å²) < 4.78 is 11.1. The van der Waals surface area contributed by atoms with E-state index in [0.29, 0.717) is 31.0 Å². The number of carbonyl (C=O) groups is 1. The van der Waals surface area contributed by atoms with Crippen LogP contribution in [0.2, 0.25) is 0 Å². The molecule has 0 bridgehead atoms. The maximum atomic E-state index is 10.6. The fraction of sp³-hybridized carbons (Fsp3) is 0.929. The lowest BCUT2D eigenvalue weighted by Crippen LogP contribution is -2.50. The van der Waals surface area contributed by atoms with Gasteiger partial charge in [-0.15, -0.1) is 0 Å². The minimum absolute atomic E-state index is 0.226. The zero-order chi connectivity index (χ0) is 16.5. The summed E-state index contributed by atoms with van der Waals surface area (Å²) in [6.07, 6.45) is -0.353. The highest BCUT2D eigenvalue weighted by Gasteiger charge is 2.37. The number of unbranched alkanes of at least 4 members (excludes halogenated alkanes) is 1. The quantitative estimate of drug-likeness (QED) is 0.416. The van der Waals surface area contributed by atoms with Crippen LogP contribution in [0, 0.1) is 0 Å². The molecule has 0 saturated carbocycles. The molecule has 130 valence electrons. The summed E-state index contributed by atoms with van der Waals surface area (Å²) in [5.74, 6) is 0.203. The molecule has 0 aromatic carbocycles. The van der Waals surface area contributed by atoms with E-state index in [1.165, 1.54) is 11.8 Å². The average molecular weight is 337 g/mol. The molecule has 1 aliphatic heterocycles. The first-order valence-corrected chi connectivity index (χ1v) is 8.80. The zero-order valence-electron chi connectivity index (χ0n) is 12.9. The van der Waals surface area contributed by atoms with Crippen LogP contribution in [0.3, 0.4) is 0 Å². The first-order chi connectivity index (χ1) is 10.5. The van der Waals surface area contributed by atoms with Gasteiger partial charge >= 0.3 is 5.97 Å². The second kappa shape index (κ2) is 10.4. The van der Waals surface area contributed by atoms with Gasteiger partial charge in [0.25, 0.3) is 0 Å². The molecule has 22 heavy (non-hydrogen) atoms. The predicted octanol–water partition coefficient (Wildman–Crippen LogP) is 0.175. The first kappa shape index (κ1) is 19.7. The second-order valence-electron chi connectivity index (χ2n) is 5.45. The second-order valence-corrected chi connectivity index (χ2v) is 6.60. The summed E-state index contributed by atoms with van der Waals surface area (Å²) in [6, 6.07) is -0.850. The fourth-order valence-electron chi connectivity index (χ4n) is 2.05. The monoisotopic (exact) mass is 337 g/mol. The van der Waals surface area contributed by atoms with E-state index in [4.69, 9.17) is 20.3 Å². The van der Waals surface area contributed by atoms with Crippen molar-refractivity contribution in [1.29, 1.82) is 0 Å². The van der Waals surface area contributed by atoms with E-state index >= 15 is 0 Å². The van der Waals surface area contributed by atoms with Crippen molar-refractivity contribution in [2.45, 2.75) is 63.3 Å². The third-order valence-electron chi connectivity index (χ3n) is 3.48. The van der Waals surface area contributed by atoms with Gasteiger partial charge in [-0.1, -0.05) is 13.3 Å². The zero-order valence-corrected chi connectivity index (χ0v) is 13.7. The Balaban J connectivity index is 2.29. The summed E-state index contributed by atoms with van der Waals surface area (Å²) in [4.78, 5) is 10.6. The minimum atomic E-state index is -1.03. The number of aliphatic hydroxyl groups excluding tert-OH is 2. The largest absolute Gasteiger partial charge is 0.480 e. The molecule has 0 aliphatic carbocycles. The van der Waals surface area contributed by atoms with Gasteiger partial charge < -0.3 is 30.5 Å². The summed E-state index contributed by atoms with van der Waals surface area (Å²) in [7, 11) is 0. The van der Waals surface area contributed by atoms with Crippen molar-refractivity contribution < 1.29 is 29.6 Å². The molecule has 1 heterocycles. The molecule has 5 atom stereocenters. The lowest BCUT2D eigenvalue weighted by Gasteiger charge is -2.36. The number of hydrogen-bond acceptors (Lipinski definition) is 7. The Kier molecular flexibility index (Phi) is 9.30. The number of rotatable bonds is 10. The van der Waals surface area contributed by atoms with Crippen LogP contribution >= 0.6 is 11.8 Å². The van der Waals surface area contributed by atoms with Gasteiger partial charge in [-0.3, -0.25) is 4.79 Å². The summed E-state index contributed by atoms with van der Waals surface area (Å²) in [5, 5.41) is 28.4. The Bertz CT molecular complexity index is 332. The minimum Gasteiger partial charge on any atom is -0.480 e. The molecule has 1 saturated heterocycles. The maximum Gasteiger partial charge on any atom is 0.320 e. The van der Waals surface area contributed by atoms with E-state index in [0.717, 1.165) is 12.8 Å². The van der Waals surface area contributed by atoms with E-state index in [1.807, 2.05) is 6.92 Å². The lowest BCUT2D eigenvalue weighted by atomic mass is 10.0. The molecule has 8 heteroatoms. The van der Waals surface area contributed by atoms with Crippen LogP contribution in [0.15, 0.2) is 0 Å². The van der Waals surface area contributed by atoms with Crippen LogP contribution in [0.25, 0.3) is 0 Å². The Labute approximate surface area is 135 Å². The van der Waals surface area contributed by atoms with Crippen molar-refractivity contribution in [2.24, 2.45) is 5.73 Å².